The zero-order valence-corrected chi connectivity index (χ0v) is 12.5. The average molecular weight is 289 g/mol. The fourth-order valence-corrected chi connectivity index (χ4v) is 2.47. The number of amides is 2. The number of carbonyl (C=O) groups is 2. The first-order chi connectivity index (χ1) is 10.2. The van der Waals surface area contributed by atoms with Gasteiger partial charge in [-0.1, -0.05) is 30.3 Å². The van der Waals surface area contributed by atoms with Crippen LogP contribution in [0.5, 0.6) is 0 Å². The Bertz CT molecular complexity index is 470. The summed E-state index contributed by atoms with van der Waals surface area (Å²) in [6.07, 6.45) is 1.69. The Morgan fingerprint density at radius 3 is 2.57 bits per heavy atom. The smallest absolute Gasteiger partial charge is 0.242 e. The van der Waals surface area contributed by atoms with Gasteiger partial charge in [-0.3, -0.25) is 9.59 Å². The molecule has 1 aliphatic heterocycles. The van der Waals surface area contributed by atoms with Crippen molar-refractivity contribution in [3.8, 4) is 0 Å². The van der Waals surface area contributed by atoms with Crippen LogP contribution in [0, 0.1) is 5.92 Å². The van der Waals surface area contributed by atoms with Crippen LogP contribution in [-0.4, -0.2) is 43.4 Å². The van der Waals surface area contributed by atoms with Crippen molar-refractivity contribution in [1.29, 1.82) is 0 Å². The summed E-state index contributed by atoms with van der Waals surface area (Å²) < 4.78 is 0. The summed E-state index contributed by atoms with van der Waals surface area (Å²) >= 11 is 0. The quantitative estimate of drug-likeness (QED) is 0.841. The fraction of sp³-hybridized carbons (Fsp3) is 0.500. The maximum Gasteiger partial charge on any atom is 0.242 e. The Morgan fingerprint density at radius 2 is 1.90 bits per heavy atom. The topological polar surface area (TPSA) is 61.4 Å². The van der Waals surface area contributed by atoms with Crippen molar-refractivity contribution < 1.29 is 9.59 Å². The molecule has 0 saturated carbocycles. The molecule has 1 heterocycles. The summed E-state index contributed by atoms with van der Waals surface area (Å²) in [4.78, 5) is 25.6. The van der Waals surface area contributed by atoms with Gasteiger partial charge in [-0.15, -0.1) is 0 Å². The van der Waals surface area contributed by atoms with E-state index in [1.807, 2.05) is 30.3 Å². The van der Waals surface area contributed by atoms with Crippen molar-refractivity contribution in [1.82, 2.24) is 15.5 Å². The molecular weight excluding hydrogens is 266 g/mol. The van der Waals surface area contributed by atoms with E-state index in [4.69, 9.17) is 0 Å². The molecule has 0 radical (unpaired) electrons. The first kappa shape index (κ1) is 15.5. The van der Waals surface area contributed by atoms with Crippen molar-refractivity contribution in [2.75, 3.05) is 26.7 Å². The zero-order chi connectivity index (χ0) is 15.1. The molecule has 0 unspecified atom stereocenters. The van der Waals surface area contributed by atoms with Gasteiger partial charge in [0.25, 0.3) is 0 Å². The molecule has 2 N–H and O–H groups in total. The standard InChI is InChI=1S/C16H23N3O2/c1-19(12-13-5-3-2-4-6-13)15(20)11-18-16(21)14-7-9-17-10-8-14/h2-6,14,17H,7-12H2,1H3,(H,18,21). The Labute approximate surface area is 125 Å². The van der Waals surface area contributed by atoms with E-state index in [1.165, 1.54) is 0 Å². The second-order valence-corrected chi connectivity index (χ2v) is 5.48. The van der Waals surface area contributed by atoms with Gasteiger partial charge >= 0.3 is 0 Å². The van der Waals surface area contributed by atoms with Crippen LogP contribution in [0.2, 0.25) is 0 Å². The van der Waals surface area contributed by atoms with Gasteiger partial charge in [0, 0.05) is 19.5 Å². The zero-order valence-electron chi connectivity index (χ0n) is 12.5. The third-order valence-corrected chi connectivity index (χ3v) is 3.81. The minimum atomic E-state index is -0.0684. The molecule has 5 nitrogen and oxygen atoms in total. The normalized spacial score (nSPS) is 15.5. The van der Waals surface area contributed by atoms with Crippen LogP contribution < -0.4 is 10.6 Å². The second-order valence-electron chi connectivity index (χ2n) is 5.48. The third-order valence-electron chi connectivity index (χ3n) is 3.81. The lowest BCUT2D eigenvalue weighted by Gasteiger charge is -2.22. The molecule has 0 aliphatic carbocycles. The first-order valence-electron chi connectivity index (χ1n) is 7.43. The average Bonchev–Trinajstić information content (AvgIpc) is 2.54. The highest BCUT2D eigenvalue weighted by molar-refractivity contribution is 5.85. The van der Waals surface area contributed by atoms with Crippen LogP contribution in [0.1, 0.15) is 18.4 Å². The molecule has 0 atom stereocenters. The maximum atomic E-state index is 12.0. The lowest BCUT2D eigenvalue weighted by Crippen LogP contribution is -2.42. The van der Waals surface area contributed by atoms with Crippen molar-refractivity contribution in [3.63, 3.8) is 0 Å². The Morgan fingerprint density at radius 1 is 1.24 bits per heavy atom. The number of nitrogens with one attached hydrogen (secondary N) is 2. The minimum Gasteiger partial charge on any atom is -0.347 e. The summed E-state index contributed by atoms with van der Waals surface area (Å²) in [6.45, 7) is 2.38. The van der Waals surface area contributed by atoms with Gasteiger partial charge in [0.15, 0.2) is 0 Å². The van der Waals surface area contributed by atoms with Crippen LogP contribution in [0.4, 0.5) is 0 Å². The van der Waals surface area contributed by atoms with Gasteiger partial charge in [-0.25, -0.2) is 0 Å². The maximum absolute atomic E-state index is 12.0. The summed E-state index contributed by atoms with van der Waals surface area (Å²) in [5, 5.41) is 5.99. The van der Waals surface area contributed by atoms with Crippen molar-refractivity contribution >= 4 is 11.8 Å². The van der Waals surface area contributed by atoms with Crippen LogP contribution in [0.25, 0.3) is 0 Å². The number of hydrogen-bond acceptors (Lipinski definition) is 3. The fourth-order valence-electron chi connectivity index (χ4n) is 2.47. The van der Waals surface area contributed by atoms with Crippen LogP contribution >= 0.6 is 0 Å². The molecule has 0 bridgehead atoms. The summed E-state index contributed by atoms with van der Waals surface area (Å²) in [7, 11) is 1.76. The predicted molar refractivity (Wildman–Crippen MR) is 81.5 cm³/mol. The molecule has 1 aromatic rings. The SMILES string of the molecule is CN(Cc1ccccc1)C(=O)CNC(=O)C1CCNCC1. The van der Waals surface area contributed by atoms with Gasteiger partial charge in [0.1, 0.15) is 0 Å². The van der Waals surface area contributed by atoms with Gasteiger partial charge in [0.05, 0.1) is 6.54 Å². The lowest BCUT2D eigenvalue weighted by molar-refractivity contribution is -0.133. The molecule has 1 aromatic carbocycles. The van der Waals surface area contributed by atoms with Crippen LogP contribution in [-0.2, 0) is 16.1 Å². The van der Waals surface area contributed by atoms with Gasteiger partial charge in [-0.2, -0.15) is 0 Å². The number of carbonyl (C=O) groups excluding carboxylic acids is 2. The van der Waals surface area contributed by atoms with E-state index in [1.54, 1.807) is 11.9 Å². The molecule has 1 fully saturated rings. The number of hydrogen-bond donors (Lipinski definition) is 2. The van der Waals surface area contributed by atoms with E-state index in [0.717, 1.165) is 31.5 Å². The van der Waals surface area contributed by atoms with E-state index in [2.05, 4.69) is 10.6 Å². The number of piperidine rings is 1. The van der Waals surface area contributed by atoms with Crippen LogP contribution in [0.3, 0.4) is 0 Å². The van der Waals surface area contributed by atoms with Gasteiger partial charge in [0.2, 0.25) is 11.8 Å². The largest absolute Gasteiger partial charge is 0.347 e. The molecule has 0 spiro atoms. The van der Waals surface area contributed by atoms with Gasteiger partial charge in [-0.05, 0) is 31.5 Å². The molecule has 5 heteroatoms. The number of rotatable bonds is 5. The summed E-state index contributed by atoms with van der Waals surface area (Å²) in [6, 6.07) is 9.82. The molecule has 114 valence electrons. The number of benzene rings is 1. The number of likely N-dealkylation sites (N-methyl/N-ethyl adjacent to an activating group) is 1. The Hall–Kier alpha value is -1.88. The molecule has 1 saturated heterocycles. The van der Waals surface area contributed by atoms with E-state index < -0.39 is 0 Å². The highest BCUT2D eigenvalue weighted by Crippen LogP contribution is 2.11. The molecule has 2 rings (SSSR count). The van der Waals surface area contributed by atoms with E-state index >= 15 is 0 Å². The minimum absolute atomic E-state index is 0.00189. The number of nitrogens with zero attached hydrogens (tertiary/aromatic N) is 1. The molecule has 21 heavy (non-hydrogen) atoms. The highest BCUT2D eigenvalue weighted by Gasteiger charge is 2.21. The van der Waals surface area contributed by atoms with Gasteiger partial charge < -0.3 is 15.5 Å². The molecular formula is C16H23N3O2. The molecule has 1 aliphatic rings. The van der Waals surface area contributed by atoms with Crippen molar-refractivity contribution in [2.45, 2.75) is 19.4 Å². The predicted octanol–water partition coefficient (Wildman–Crippen LogP) is 0.761. The van der Waals surface area contributed by atoms with Crippen LogP contribution in [0.15, 0.2) is 30.3 Å². The molecule has 2 amide bonds. The van der Waals surface area contributed by atoms with Crippen molar-refractivity contribution in [2.24, 2.45) is 5.92 Å². The van der Waals surface area contributed by atoms with E-state index in [-0.39, 0.29) is 24.3 Å². The van der Waals surface area contributed by atoms with E-state index in [9.17, 15) is 9.59 Å². The summed E-state index contributed by atoms with van der Waals surface area (Å²) in [5.74, 6) is -0.0300. The lowest BCUT2D eigenvalue weighted by atomic mass is 9.97. The van der Waals surface area contributed by atoms with Crippen molar-refractivity contribution in [3.05, 3.63) is 35.9 Å². The highest BCUT2D eigenvalue weighted by atomic mass is 16.2. The molecule has 0 aromatic heterocycles. The Balaban J connectivity index is 1.74. The van der Waals surface area contributed by atoms with E-state index in [0.29, 0.717) is 6.54 Å². The summed E-state index contributed by atoms with van der Waals surface area (Å²) in [5.41, 5.74) is 1.08. The second kappa shape index (κ2) is 7.78. The first-order valence-corrected chi connectivity index (χ1v) is 7.43. The monoisotopic (exact) mass is 289 g/mol. The third kappa shape index (κ3) is 4.86. The Kier molecular flexibility index (Phi) is 5.75.